The number of benzene rings is 2. The lowest BCUT2D eigenvalue weighted by Gasteiger charge is -2.39. The van der Waals surface area contributed by atoms with Crippen LogP contribution in [0.25, 0.3) is 10.8 Å². The van der Waals surface area contributed by atoms with Gasteiger partial charge in [-0.25, -0.2) is 4.39 Å². The minimum Gasteiger partial charge on any atom is -0.349 e. The summed E-state index contributed by atoms with van der Waals surface area (Å²) in [6, 6.07) is 13.8. The molecule has 0 saturated carbocycles. The molecule has 6 nitrogen and oxygen atoms in total. The van der Waals surface area contributed by atoms with Crippen molar-refractivity contribution < 1.29 is 14.0 Å². The van der Waals surface area contributed by atoms with E-state index in [1.807, 2.05) is 17.0 Å². The number of pyridine rings is 1. The van der Waals surface area contributed by atoms with Crippen LogP contribution in [0.2, 0.25) is 0 Å². The van der Waals surface area contributed by atoms with Crippen molar-refractivity contribution in [1.29, 1.82) is 0 Å². The topological polar surface area (TPSA) is 65.5 Å². The molecule has 0 aliphatic carbocycles. The van der Waals surface area contributed by atoms with Crippen molar-refractivity contribution in [3.63, 3.8) is 0 Å². The summed E-state index contributed by atoms with van der Waals surface area (Å²) in [5.74, 6) is -0.481. The molecule has 1 N–H and O–H groups in total. The molecule has 3 fully saturated rings. The number of nitrogens with one attached hydrogen (secondary N) is 1. The van der Waals surface area contributed by atoms with Crippen molar-refractivity contribution in [3.05, 3.63) is 77.4 Å². The van der Waals surface area contributed by atoms with Crippen LogP contribution in [-0.2, 0) is 6.54 Å². The van der Waals surface area contributed by atoms with Crippen molar-refractivity contribution in [2.45, 2.75) is 69.6 Å². The molecule has 2 aromatic carbocycles. The number of piperidine rings is 2. The number of nitrogens with zero attached hydrogens (tertiary/aromatic N) is 3. The molecule has 0 radical (unpaired) electrons. The van der Waals surface area contributed by atoms with Gasteiger partial charge in [-0.15, -0.1) is 0 Å². The van der Waals surface area contributed by atoms with Crippen LogP contribution in [0.1, 0.15) is 71.2 Å². The first-order chi connectivity index (χ1) is 18.0. The van der Waals surface area contributed by atoms with E-state index < -0.39 is 0 Å². The number of hydrogen-bond acceptors (Lipinski definition) is 4. The molecular formula is C30H33FN4O2. The highest BCUT2D eigenvalue weighted by Crippen LogP contribution is 2.37. The van der Waals surface area contributed by atoms with Gasteiger partial charge in [-0.05, 0) is 85.5 Å². The SMILES string of the molecule is O=C(NC1C[C@H]2CC[C@H](C1)N2Cc1ccc2cc(F)ccc2c1)c1ccncc1C(=O)N1CCCCC1. The van der Waals surface area contributed by atoms with E-state index in [4.69, 9.17) is 0 Å². The maximum absolute atomic E-state index is 13.5. The summed E-state index contributed by atoms with van der Waals surface area (Å²) in [5.41, 5.74) is 2.06. The third kappa shape index (κ3) is 4.97. The van der Waals surface area contributed by atoms with E-state index in [0.717, 1.165) is 75.4 Å². The maximum Gasteiger partial charge on any atom is 0.256 e. The molecule has 3 aliphatic heterocycles. The van der Waals surface area contributed by atoms with Gasteiger partial charge >= 0.3 is 0 Å². The van der Waals surface area contributed by atoms with Gasteiger partial charge in [0, 0.05) is 50.2 Å². The second-order valence-electron chi connectivity index (χ2n) is 10.8. The number of halogens is 1. The molecule has 2 amide bonds. The van der Waals surface area contributed by atoms with Crippen LogP contribution in [-0.4, -0.2) is 57.8 Å². The summed E-state index contributed by atoms with van der Waals surface area (Å²) < 4.78 is 13.5. The van der Waals surface area contributed by atoms with Crippen LogP contribution in [0, 0.1) is 5.82 Å². The first-order valence-electron chi connectivity index (χ1n) is 13.5. The molecule has 2 bridgehead atoms. The highest BCUT2D eigenvalue weighted by molar-refractivity contribution is 6.07. The van der Waals surface area contributed by atoms with Gasteiger partial charge in [0.1, 0.15) is 5.82 Å². The quantitative estimate of drug-likeness (QED) is 0.540. The average Bonchev–Trinajstić information content (AvgIpc) is 3.15. The molecular weight excluding hydrogens is 467 g/mol. The fourth-order valence-electron chi connectivity index (χ4n) is 6.52. The average molecular weight is 501 g/mol. The minimum absolute atomic E-state index is 0.0898. The number of aromatic nitrogens is 1. The zero-order valence-electron chi connectivity index (χ0n) is 21.0. The van der Waals surface area contributed by atoms with Crippen LogP contribution in [0.3, 0.4) is 0 Å². The minimum atomic E-state index is -0.211. The summed E-state index contributed by atoms with van der Waals surface area (Å²) in [6.07, 6.45) is 10.4. The lowest BCUT2D eigenvalue weighted by molar-refractivity contribution is 0.0713. The summed E-state index contributed by atoms with van der Waals surface area (Å²) in [6.45, 7) is 2.34. The number of hydrogen-bond donors (Lipinski definition) is 1. The molecule has 6 rings (SSSR count). The van der Waals surface area contributed by atoms with E-state index in [1.165, 1.54) is 17.8 Å². The van der Waals surface area contributed by atoms with E-state index in [9.17, 15) is 14.0 Å². The second kappa shape index (κ2) is 10.2. The van der Waals surface area contributed by atoms with Crippen LogP contribution in [0.5, 0.6) is 0 Å². The Labute approximate surface area is 216 Å². The number of amides is 2. The van der Waals surface area contributed by atoms with Gasteiger partial charge in [-0.1, -0.05) is 18.2 Å². The van der Waals surface area contributed by atoms with E-state index in [0.29, 0.717) is 23.2 Å². The van der Waals surface area contributed by atoms with Gasteiger partial charge in [0.15, 0.2) is 0 Å². The first-order valence-corrected chi connectivity index (χ1v) is 13.5. The van der Waals surface area contributed by atoms with Gasteiger partial charge < -0.3 is 10.2 Å². The largest absolute Gasteiger partial charge is 0.349 e. The summed E-state index contributed by atoms with van der Waals surface area (Å²) in [4.78, 5) is 35.0. The molecule has 192 valence electrons. The molecule has 0 unspecified atom stereocenters. The molecule has 1 aromatic heterocycles. The van der Waals surface area contributed by atoms with Crippen molar-refractivity contribution in [1.82, 2.24) is 20.1 Å². The predicted octanol–water partition coefficient (Wildman–Crippen LogP) is 4.93. The molecule has 3 aromatic rings. The zero-order chi connectivity index (χ0) is 25.4. The van der Waals surface area contributed by atoms with Gasteiger partial charge in [0.25, 0.3) is 11.8 Å². The van der Waals surface area contributed by atoms with E-state index in [1.54, 1.807) is 18.3 Å². The van der Waals surface area contributed by atoms with Crippen LogP contribution in [0.4, 0.5) is 4.39 Å². The monoisotopic (exact) mass is 500 g/mol. The maximum atomic E-state index is 13.5. The highest BCUT2D eigenvalue weighted by atomic mass is 19.1. The van der Waals surface area contributed by atoms with Gasteiger partial charge in [0.2, 0.25) is 0 Å². The van der Waals surface area contributed by atoms with E-state index >= 15 is 0 Å². The predicted molar refractivity (Wildman–Crippen MR) is 141 cm³/mol. The molecule has 37 heavy (non-hydrogen) atoms. The number of carbonyl (C=O) groups excluding carboxylic acids is 2. The Morgan fingerprint density at radius 2 is 1.65 bits per heavy atom. The van der Waals surface area contributed by atoms with Crippen molar-refractivity contribution >= 4 is 22.6 Å². The molecule has 3 saturated heterocycles. The fourth-order valence-corrected chi connectivity index (χ4v) is 6.52. The summed E-state index contributed by atoms with van der Waals surface area (Å²) in [7, 11) is 0. The second-order valence-corrected chi connectivity index (χ2v) is 10.8. The van der Waals surface area contributed by atoms with Crippen molar-refractivity contribution in [2.24, 2.45) is 0 Å². The molecule has 4 heterocycles. The van der Waals surface area contributed by atoms with E-state index in [-0.39, 0.29) is 23.7 Å². The lowest BCUT2D eigenvalue weighted by Crippen LogP contribution is -2.50. The number of fused-ring (bicyclic) bond motifs is 3. The fraction of sp³-hybridized carbons (Fsp3) is 0.433. The Bertz CT molecular complexity index is 1310. The van der Waals surface area contributed by atoms with Crippen LogP contribution < -0.4 is 5.32 Å². The van der Waals surface area contributed by atoms with Crippen LogP contribution in [0.15, 0.2) is 54.9 Å². The molecule has 3 aliphatic rings. The molecule has 7 heteroatoms. The van der Waals surface area contributed by atoms with Gasteiger partial charge in [-0.3, -0.25) is 19.5 Å². The summed E-state index contributed by atoms with van der Waals surface area (Å²) >= 11 is 0. The Balaban J connectivity index is 1.12. The van der Waals surface area contributed by atoms with Crippen molar-refractivity contribution in [2.75, 3.05) is 13.1 Å². The Morgan fingerprint density at radius 3 is 2.43 bits per heavy atom. The number of likely N-dealkylation sites (tertiary alicyclic amines) is 1. The molecule has 2 atom stereocenters. The first kappa shape index (κ1) is 24.0. The summed E-state index contributed by atoms with van der Waals surface area (Å²) in [5, 5.41) is 5.22. The highest BCUT2D eigenvalue weighted by Gasteiger charge is 2.41. The zero-order valence-corrected chi connectivity index (χ0v) is 21.0. The third-order valence-corrected chi connectivity index (χ3v) is 8.39. The van der Waals surface area contributed by atoms with Crippen LogP contribution >= 0.6 is 0 Å². The Hall–Kier alpha value is -3.32. The van der Waals surface area contributed by atoms with Gasteiger partial charge in [-0.2, -0.15) is 0 Å². The number of rotatable bonds is 5. The smallest absolute Gasteiger partial charge is 0.256 e. The normalized spacial score (nSPS) is 23.8. The van der Waals surface area contributed by atoms with Gasteiger partial charge in [0.05, 0.1) is 11.1 Å². The standard InChI is InChI=1S/C30H33FN4O2/c31-23-7-6-21-14-20(4-5-22(21)15-23)19-35-25-8-9-26(35)17-24(16-25)33-29(36)27-10-11-32-18-28(27)30(37)34-12-2-1-3-13-34/h4-7,10-11,14-15,18,24-26H,1-3,8-9,12-13,16-17,19H2,(H,33,36)/t25-,26-/m1/s1. The Morgan fingerprint density at radius 1 is 0.919 bits per heavy atom. The molecule has 0 spiro atoms. The lowest BCUT2D eigenvalue weighted by atomic mass is 9.95. The van der Waals surface area contributed by atoms with Crippen molar-refractivity contribution in [3.8, 4) is 0 Å². The third-order valence-electron chi connectivity index (χ3n) is 8.39. The number of carbonyl (C=O) groups is 2. The van der Waals surface area contributed by atoms with E-state index in [2.05, 4.69) is 27.3 Å². The Kier molecular flexibility index (Phi) is 6.63.